The Bertz CT molecular complexity index is 369. The van der Waals surface area contributed by atoms with E-state index in [0.717, 1.165) is 11.8 Å². The van der Waals surface area contributed by atoms with E-state index in [1.54, 1.807) is 0 Å². The van der Waals surface area contributed by atoms with Crippen molar-refractivity contribution in [2.75, 3.05) is 0 Å². The molecule has 0 aromatic heterocycles. The Morgan fingerprint density at radius 2 is 0.966 bits per heavy atom. The van der Waals surface area contributed by atoms with E-state index in [9.17, 15) is 0 Å². The molecule has 0 spiro atoms. The van der Waals surface area contributed by atoms with Crippen LogP contribution in [0.25, 0.3) is 0 Å². The molecule has 0 aliphatic heterocycles. The highest BCUT2D eigenvalue weighted by atomic mass is 16.5. The molecule has 0 radical (unpaired) electrons. The molecule has 2 atom stereocenters. The molecular weight excluding hydrogens is 352 g/mol. The van der Waals surface area contributed by atoms with Crippen molar-refractivity contribution >= 4 is 0 Å². The van der Waals surface area contributed by atoms with E-state index < -0.39 is 0 Å². The molecule has 0 heterocycles. The molecule has 0 aliphatic rings. The van der Waals surface area contributed by atoms with E-state index in [4.69, 9.17) is 4.74 Å². The van der Waals surface area contributed by atoms with Crippen LogP contribution in [0.2, 0.25) is 0 Å². The molecule has 0 N–H and O–H groups in total. The van der Waals surface area contributed by atoms with Crippen LogP contribution in [0.1, 0.15) is 144 Å². The van der Waals surface area contributed by atoms with Crippen LogP contribution in [-0.2, 0) is 4.74 Å². The Labute approximate surface area is 184 Å². The van der Waals surface area contributed by atoms with Crippen LogP contribution in [0.4, 0.5) is 0 Å². The SMILES string of the molecule is CCCCC(=COC=C(CCCC)CC(CC)CCCC)CC(CC)CCCC. The van der Waals surface area contributed by atoms with Gasteiger partial charge in [-0.2, -0.15) is 0 Å². The van der Waals surface area contributed by atoms with Gasteiger partial charge in [0.05, 0.1) is 12.5 Å². The van der Waals surface area contributed by atoms with Gasteiger partial charge in [-0.15, -0.1) is 0 Å². The minimum absolute atomic E-state index is 0.823. The largest absolute Gasteiger partial charge is 0.473 e. The third-order valence-electron chi connectivity index (χ3n) is 6.36. The molecule has 172 valence electrons. The number of unbranched alkanes of at least 4 members (excludes halogenated alkanes) is 4. The van der Waals surface area contributed by atoms with Crippen LogP contribution in [-0.4, -0.2) is 0 Å². The second kappa shape index (κ2) is 20.5. The van der Waals surface area contributed by atoms with Crippen LogP contribution >= 0.6 is 0 Å². The molecule has 0 aromatic carbocycles. The Morgan fingerprint density at radius 3 is 1.28 bits per heavy atom. The second-order valence-electron chi connectivity index (χ2n) is 9.14. The number of ether oxygens (including phenoxy) is 1. The molecule has 1 heteroatoms. The summed E-state index contributed by atoms with van der Waals surface area (Å²) in [6.45, 7) is 13.9. The van der Waals surface area contributed by atoms with E-state index in [0.29, 0.717) is 0 Å². The quantitative estimate of drug-likeness (QED) is 0.183. The zero-order valence-corrected chi connectivity index (χ0v) is 21.0. The van der Waals surface area contributed by atoms with Crippen molar-refractivity contribution in [1.29, 1.82) is 0 Å². The Morgan fingerprint density at radius 1 is 0.586 bits per heavy atom. The lowest BCUT2D eigenvalue weighted by molar-refractivity contribution is 0.365. The average Bonchev–Trinajstić information content (AvgIpc) is 2.74. The van der Waals surface area contributed by atoms with Gasteiger partial charge < -0.3 is 4.74 Å². The van der Waals surface area contributed by atoms with Crippen LogP contribution in [0.3, 0.4) is 0 Å². The van der Waals surface area contributed by atoms with Gasteiger partial charge in [-0.25, -0.2) is 0 Å². The number of hydrogen-bond donors (Lipinski definition) is 0. The van der Waals surface area contributed by atoms with Crippen LogP contribution in [0.15, 0.2) is 23.7 Å². The fourth-order valence-electron chi connectivity index (χ4n) is 4.08. The molecule has 0 saturated carbocycles. The third kappa shape index (κ3) is 15.7. The second-order valence-corrected chi connectivity index (χ2v) is 9.14. The summed E-state index contributed by atoms with van der Waals surface area (Å²) in [6, 6.07) is 0. The summed E-state index contributed by atoms with van der Waals surface area (Å²) in [4.78, 5) is 0. The molecule has 0 saturated heterocycles. The lowest BCUT2D eigenvalue weighted by Gasteiger charge is -2.18. The summed E-state index contributed by atoms with van der Waals surface area (Å²) in [5, 5.41) is 0. The zero-order chi connectivity index (χ0) is 21.7. The maximum atomic E-state index is 6.13. The Kier molecular flexibility index (Phi) is 20.0. The molecule has 0 rings (SSSR count). The van der Waals surface area contributed by atoms with Crippen molar-refractivity contribution in [1.82, 2.24) is 0 Å². The predicted octanol–water partition coefficient (Wildman–Crippen LogP) is 10.4. The molecule has 29 heavy (non-hydrogen) atoms. The lowest BCUT2D eigenvalue weighted by Crippen LogP contribution is -2.03. The van der Waals surface area contributed by atoms with Gasteiger partial charge in [0.1, 0.15) is 0 Å². The van der Waals surface area contributed by atoms with Crippen molar-refractivity contribution in [3.8, 4) is 0 Å². The molecule has 1 nitrogen and oxygen atoms in total. The average molecular weight is 407 g/mol. The minimum Gasteiger partial charge on any atom is -0.473 e. The highest BCUT2D eigenvalue weighted by molar-refractivity contribution is 5.04. The molecule has 0 fully saturated rings. The van der Waals surface area contributed by atoms with Crippen molar-refractivity contribution in [2.45, 2.75) is 144 Å². The summed E-state index contributed by atoms with van der Waals surface area (Å²) in [5.74, 6) is 1.65. The predicted molar refractivity (Wildman–Crippen MR) is 132 cm³/mol. The standard InChI is InChI=1S/C28H54O/c1-7-13-17-25(11-5)21-27(19-15-9-3)23-29-24-28(20-16-10-4)22-26(12-6)18-14-8-2/h23-26H,7-22H2,1-6H3. The molecular formula is C28H54O. The number of rotatable bonds is 20. The maximum Gasteiger partial charge on any atom is 0.0893 e. The first-order chi connectivity index (χ1) is 14.1. The van der Waals surface area contributed by atoms with Gasteiger partial charge in [0.15, 0.2) is 0 Å². The smallest absolute Gasteiger partial charge is 0.0893 e. The molecule has 0 amide bonds. The number of allylic oxidation sites excluding steroid dienone is 2. The van der Waals surface area contributed by atoms with E-state index in [1.165, 1.54) is 114 Å². The highest BCUT2D eigenvalue weighted by Gasteiger charge is 2.11. The Balaban J connectivity index is 5.03. The third-order valence-corrected chi connectivity index (χ3v) is 6.36. The minimum atomic E-state index is 0.823. The van der Waals surface area contributed by atoms with Crippen LogP contribution in [0.5, 0.6) is 0 Å². The summed E-state index contributed by atoms with van der Waals surface area (Å²) in [5.41, 5.74) is 3.05. The summed E-state index contributed by atoms with van der Waals surface area (Å²) in [6.07, 6.45) is 24.8. The summed E-state index contributed by atoms with van der Waals surface area (Å²) in [7, 11) is 0. The van der Waals surface area contributed by atoms with Crippen molar-refractivity contribution in [3.63, 3.8) is 0 Å². The van der Waals surface area contributed by atoms with Crippen molar-refractivity contribution in [2.24, 2.45) is 11.8 Å². The van der Waals surface area contributed by atoms with Crippen LogP contribution < -0.4 is 0 Å². The molecule has 0 bridgehead atoms. The van der Waals surface area contributed by atoms with E-state index in [1.807, 2.05) is 0 Å². The highest BCUT2D eigenvalue weighted by Crippen LogP contribution is 2.26. The van der Waals surface area contributed by atoms with Gasteiger partial charge in [0.2, 0.25) is 0 Å². The monoisotopic (exact) mass is 406 g/mol. The van der Waals surface area contributed by atoms with Gasteiger partial charge in [-0.3, -0.25) is 0 Å². The van der Waals surface area contributed by atoms with Gasteiger partial charge in [-0.1, -0.05) is 106 Å². The maximum absolute atomic E-state index is 6.13. The van der Waals surface area contributed by atoms with E-state index >= 15 is 0 Å². The summed E-state index contributed by atoms with van der Waals surface area (Å²) < 4.78 is 6.13. The van der Waals surface area contributed by atoms with Crippen molar-refractivity contribution < 1.29 is 4.74 Å². The van der Waals surface area contributed by atoms with E-state index in [2.05, 4.69) is 54.1 Å². The molecule has 0 aromatic rings. The number of hydrogen-bond acceptors (Lipinski definition) is 1. The van der Waals surface area contributed by atoms with Gasteiger partial charge in [0.25, 0.3) is 0 Å². The Hall–Kier alpha value is -0.720. The van der Waals surface area contributed by atoms with Gasteiger partial charge >= 0.3 is 0 Å². The molecule has 2 unspecified atom stereocenters. The lowest BCUT2D eigenvalue weighted by atomic mass is 9.90. The zero-order valence-electron chi connectivity index (χ0n) is 21.0. The first-order valence-corrected chi connectivity index (χ1v) is 13.2. The van der Waals surface area contributed by atoms with Gasteiger partial charge in [-0.05, 0) is 61.5 Å². The normalized spacial score (nSPS) is 14.8. The first kappa shape index (κ1) is 28.3. The summed E-state index contributed by atoms with van der Waals surface area (Å²) >= 11 is 0. The fourth-order valence-corrected chi connectivity index (χ4v) is 4.08. The van der Waals surface area contributed by atoms with Crippen LogP contribution in [0, 0.1) is 11.8 Å². The van der Waals surface area contributed by atoms with Crippen molar-refractivity contribution in [3.05, 3.63) is 23.7 Å². The topological polar surface area (TPSA) is 9.23 Å². The van der Waals surface area contributed by atoms with Gasteiger partial charge in [0, 0.05) is 0 Å². The fraction of sp³-hybridized carbons (Fsp3) is 0.857. The molecule has 0 aliphatic carbocycles. The first-order valence-electron chi connectivity index (χ1n) is 13.2. The van der Waals surface area contributed by atoms with E-state index in [-0.39, 0.29) is 0 Å².